The topological polar surface area (TPSA) is 39.1 Å². The van der Waals surface area contributed by atoms with Crippen molar-refractivity contribution < 1.29 is 4.74 Å². The Morgan fingerprint density at radius 3 is 2.38 bits per heavy atom. The molecule has 114 valence electrons. The van der Waals surface area contributed by atoms with E-state index in [1.54, 1.807) is 0 Å². The number of hydrogen-bond donors (Lipinski definition) is 1. The summed E-state index contributed by atoms with van der Waals surface area (Å²) in [5.41, 5.74) is 4.55. The molecule has 0 aliphatic rings. The molecule has 0 unspecified atom stereocenters. The zero-order valence-electron chi connectivity index (χ0n) is 13.4. The molecular weight excluding hydrogens is 262 g/mol. The Morgan fingerprint density at radius 2 is 1.81 bits per heavy atom. The normalized spacial score (nSPS) is 10.9. The highest BCUT2D eigenvalue weighted by atomic mass is 16.5. The minimum absolute atomic E-state index is 0.584. The minimum Gasteiger partial charge on any atom is -0.485 e. The third kappa shape index (κ3) is 4.08. The zero-order chi connectivity index (χ0) is 15.2. The van der Waals surface area contributed by atoms with Crippen LogP contribution in [-0.2, 0) is 20.1 Å². The molecule has 0 bridgehead atoms. The molecule has 1 aromatic heterocycles. The molecular formula is C17H25N3O. The lowest BCUT2D eigenvalue weighted by atomic mass is 10.1. The monoisotopic (exact) mass is 287 g/mol. The van der Waals surface area contributed by atoms with Crippen LogP contribution in [0.4, 0.5) is 0 Å². The van der Waals surface area contributed by atoms with Crippen molar-refractivity contribution in [1.29, 1.82) is 0 Å². The van der Waals surface area contributed by atoms with Crippen LogP contribution in [0.1, 0.15) is 29.4 Å². The van der Waals surface area contributed by atoms with Gasteiger partial charge < -0.3 is 10.1 Å². The van der Waals surface area contributed by atoms with Crippen LogP contribution >= 0.6 is 0 Å². The van der Waals surface area contributed by atoms with Crippen LogP contribution in [0.15, 0.2) is 24.3 Å². The average Bonchev–Trinajstić information content (AvgIpc) is 2.72. The molecule has 0 fully saturated rings. The lowest BCUT2D eigenvalue weighted by Crippen LogP contribution is -2.15. The van der Waals surface area contributed by atoms with Gasteiger partial charge in [0.15, 0.2) is 5.75 Å². The summed E-state index contributed by atoms with van der Waals surface area (Å²) in [5, 5.41) is 7.70. The van der Waals surface area contributed by atoms with E-state index in [0.717, 1.165) is 36.6 Å². The number of aryl methyl sites for hydroxylation is 2. The molecule has 0 spiro atoms. The second-order valence-corrected chi connectivity index (χ2v) is 5.33. The van der Waals surface area contributed by atoms with E-state index >= 15 is 0 Å². The third-order valence-electron chi connectivity index (χ3n) is 3.69. The standard InChI is InChI=1S/C17H25N3O/c1-5-18-11-10-15-6-8-16(9-7-15)12-21-17-13(2)19-20(4)14(17)3/h6-9,18H,5,10-12H2,1-4H3. The SMILES string of the molecule is CCNCCc1ccc(COc2c(C)nn(C)c2C)cc1. The lowest BCUT2D eigenvalue weighted by Gasteiger charge is -2.08. The van der Waals surface area contributed by atoms with Crippen LogP contribution in [-0.4, -0.2) is 22.9 Å². The van der Waals surface area contributed by atoms with Crippen LogP contribution in [0.2, 0.25) is 0 Å². The summed E-state index contributed by atoms with van der Waals surface area (Å²) in [7, 11) is 1.94. The number of nitrogens with one attached hydrogen (secondary N) is 1. The van der Waals surface area contributed by atoms with Crippen LogP contribution < -0.4 is 10.1 Å². The van der Waals surface area contributed by atoms with E-state index in [4.69, 9.17) is 4.74 Å². The number of likely N-dealkylation sites (N-methyl/N-ethyl adjacent to an activating group) is 1. The van der Waals surface area contributed by atoms with Gasteiger partial charge in [0.1, 0.15) is 12.3 Å². The zero-order valence-corrected chi connectivity index (χ0v) is 13.4. The maximum atomic E-state index is 5.92. The van der Waals surface area contributed by atoms with Crippen molar-refractivity contribution in [2.45, 2.75) is 33.8 Å². The maximum absolute atomic E-state index is 5.92. The van der Waals surface area contributed by atoms with E-state index in [1.807, 2.05) is 25.6 Å². The predicted molar refractivity (Wildman–Crippen MR) is 85.7 cm³/mol. The van der Waals surface area contributed by atoms with Gasteiger partial charge in [-0.1, -0.05) is 31.2 Å². The second kappa shape index (κ2) is 7.27. The molecule has 2 aromatic rings. The quantitative estimate of drug-likeness (QED) is 0.796. The Morgan fingerprint density at radius 1 is 1.14 bits per heavy atom. The number of benzene rings is 1. The number of ether oxygens (including phenoxy) is 1. The molecule has 0 aliphatic carbocycles. The average molecular weight is 287 g/mol. The van der Waals surface area contributed by atoms with Gasteiger partial charge in [-0.2, -0.15) is 5.10 Å². The Balaban J connectivity index is 1.91. The molecule has 2 rings (SSSR count). The third-order valence-corrected chi connectivity index (χ3v) is 3.69. The predicted octanol–water partition coefficient (Wildman–Crippen LogP) is 2.77. The summed E-state index contributed by atoms with van der Waals surface area (Å²) in [4.78, 5) is 0. The van der Waals surface area contributed by atoms with E-state index in [0.29, 0.717) is 6.61 Å². The molecule has 0 saturated heterocycles. The summed E-state index contributed by atoms with van der Waals surface area (Å²) < 4.78 is 7.77. The van der Waals surface area contributed by atoms with Gasteiger partial charge in [-0.05, 0) is 44.5 Å². The van der Waals surface area contributed by atoms with E-state index in [2.05, 4.69) is 41.6 Å². The lowest BCUT2D eigenvalue weighted by molar-refractivity contribution is 0.301. The number of nitrogens with zero attached hydrogens (tertiary/aromatic N) is 2. The fourth-order valence-electron chi connectivity index (χ4n) is 2.33. The van der Waals surface area contributed by atoms with Gasteiger partial charge in [0, 0.05) is 7.05 Å². The summed E-state index contributed by atoms with van der Waals surface area (Å²) in [5.74, 6) is 0.897. The molecule has 0 radical (unpaired) electrons. The first-order chi connectivity index (χ1) is 10.1. The highest BCUT2D eigenvalue weighted by molar-refractivity contribution is 5.32. The number of rotatable bonds is 7. The smallest absolute Gasteiger partial charge is 0.163 e. The number of hydrogen-bond acceptors (Lipinski definition) is 3. The minimum atomic E-state index is 0.584. The molecule has 21 heavy (non-hydrogen) atoms. The van der Waals surface area contributed by atoms with E-state index in [9.17, 15) is 0 Å². The fraction of sp³-hybridized carbons (Fsp3) is 0.471. The summed E-state index contributed by atoms with van der Waals surface area (Å²) in [6.45, 7) is 8.77. The van der Waals surface area contributed by atoms with Gasteiger partial charge in [-0.15, -0.1) is 0 Å². The van der Waals surface area contributed by atoms with Crippen LogP contribution in [0, 0.1) is 13.8 Å². The Hall–Kier alpha value is -1.81. The van der Waals surface area contributed by atoms with Gasteiger partial charge in [-0.3, -0.25) is 4.68 Å². The highest BCUT2D eigenvalue weighted by Crippen LogP contribution is 2.22. The van der Waals surface area contributed by atoms with Crippen molar-refractivity contribution in [3.63, 3.8) is 0 Å². The number of aromatic nitrogens is 2. The van der Waals surface area contributed by atoms with Crippen molar-refractivity contribution in [3.8, 4) is 5.75 Å². The highest BCUT2D eigenvalue weighted by Gasteiger charge is 2.10. The van der Waals surface area contributed by atoms with Gasteiger partial charge in [0.05, 0.1) is 5.69 Å². The van der Waals surface area contributed by atoms with E-state index < -0.39 is 0 Å². The molecule has 4 nitrogen and oxygen atoms in total. The first-order valence-electron chi connectivity index (χ1n) is 7.53. The van der Waals surface area contributed by atoms with Crippen LogP contribution in [0.25, 0.3) is 0 Å². The Labute approximate surface area is 127 Å². The Bertz CT molecular complexity index is 572. The van der Waals surface area contributed by atoms with Crippen LogP contribution in [0.3, 0.4) is 0 Å². The van der Waals surface area contributed by atoms with Gasteiger partial charge in [0.2, 0.25) is 0 Å². The van der Waals surface area contributed by atoms with Crippen molar-refractivity contribution in [3.05, 3.63) is 46.8 Å². The van der Waals surface area contributed by atoms with Gasteiger partial charge in [0.25, 0.3) is 0 Å². The van der Waals surface area contributed by atoms with Crippen molar-refractivity contribution in [2.75, 3.05) is 13.1 Å². The van der Waals surface area contributed by atoms with Crippen molar-refractivity contribution in [2.24, 2.45) is 7.05 Å². The molecule has 0 saturated carbocycles. The van der Waals surface area contributed by atoms with Crippen LogP contribution in [0.5, 0.6) is 5.75 Å². The molecule has 1 heterocycles. The van der Waals surface area contributed by atoms with Crippen molar-refractivity contribution >= 4 is 0 Å². The van der Waals surface area contributed by atoms with Crippen molar-refractivity contribution in [1.82, 2.24) is 15.1 Å². The fourth-order valence-corrected chi connectivity index (χ4v) is 2.33. The second-order valence-electron chi connectivity index (χ2n) is 5.33. The maximum Gasteiger partial charge on any atom is 0.163 e. The first-order valence-corrected chi connectivity index (χ1v) is 7.53. The van der Waals surface area contributed by atoms with Gasteiger partial charge in [-0.25, -0.2) is 0 Å². The molecule has 4 heteroatoms. The summed E-state index contributed by atoms with van der Waals surface area (Å²) in [6, 6.07) is 8.64. The molecule has 1 N–H and O–H groups in total. The van der Waals surface area contributed by atoms with Gasteiger partial charge >= 0.3 is 0 Å². The molecule has 1 aromatic carbocycles. The summed E-state index contributed by atoms with van der Waals surface area (Å²) >= 11 is 0. The Kier molecular flexibility index (Phi) is 5.39. The summed E-state index contributed by atoms with van der Waals surface area (Å²) in [6.07, 6.45) is 1.07. The van der Waals surface area contributed by atoms with E-state index in [1.165, 1.54) is 11.1 Å². The van der Waals surface area contributed by atoms with E-state index in [-0.39, 0.29) is 0 Å². The first kappa shape index (κ1) is 15.6. The molecule has 0 aliphatic heterocycles. The molecule has 0 atom stereocenters. The molecule has 0 amide bonds. The largest absolute Gasteiger partial charge is 0.485 e.